The monoisotopic (exact) mass is 514 g/mol. The average Bonchev–Trinajstić information content (AvgIpc) is 2.89. The molecule has 2 aromatic rings. The second-order valence-corrected chi connectivity index (χ2v) is 12.9. The van der Waals surface area contributed by atoms with Crippen molar-refractivity contribution in [2.45, 2.75) is 110 Å². The number of nitrogens with one attached hydrogen (secondary N) is 2. The molecule has 3 aliphatic rings. The molecule has 0 radical (unpaired) electrons. The first-order chi connectivity index (χ1) is 18.3. The molecule has 2 bridgehead atoms. The highest BCUT2D eigenvalue weighted by atomic mass is 15.0. The number of anilines is 1. The molecule has 1 aromatic carbocycles. The van der Waals surface area contributed by atoms with Crippen LogP contribution in [0.5, 0.6) is 0 Å². The number of aromatic nitrogens is 1. The van der Waals surface area contributed by atoms with Gasteiger partial charge in [0.15, 0.2) is 0 Å². The van der Waals surface area contributed by atoms with E-state index in [9.17, 15) is 0 Å². The van der Waals surface area contributed by atoms with E-state index < -0.39 is 0 Å². The standard InChI is InChI=1S/C34H50N4/c1-5-27-28-21-24(2)22-34(27,35)23-31(33(28,3)4)36-19-13-7-6-8-14-20-37-32-25-15-9-11-17-29(25)38-30-18-12-10-16-26(30)32/h5,9,11,15,17,21,28,31,36H,6-8,10,12-14,16,18-20,22-23,35H2,1-4H3,(H,37,38)/t28-,31-,34+/m1/s1. The highest BCUT2D eigenvalue weighted by Crippen LogP contribution is 2.53. The molecule has 1 aromatic heterocycles. The minimum absolute atomic E-state index is 0.169. The Morgan fingerprint density at radius 1 is 1.03 bits per heavy atom. The maximum atomic E-state index is 7.01. The predicted molar refractivity (Wildman–Crippen MR) is 163 cm³/mol. The van der Waals surface area contributed by atoms with Crippen molar-refractivity contribution >= 4 is 16.6 Å². The summed E-state index contributed by atoms with van der Waals surface area (Å²) < 4.78 is 0. The van der Waals surface area contributed by atoms with E-state index in [4.69, 9.17) is 10.7 Å². The highest BCUT2D eigenvalue weighted by molar-refractivity contribution is 5.93. The summed E-state index contributed by atoms with van der Waals surface area (Å²) in [5.41, 5.74) is 15.2. The minimum Gasteiger partial charge on any atom is -0.384 e. The smallest absolute Gasteiger partial charge is 0.0726 e. The molecule has 0 unspecified atom stereocenters. The van der Waals surface area contributed by atoms with Gasteiger partial charge in [-0.2, -0.15) is 0 Å². The van der Waals surface area contributed by atoms with Crippen LogP contribution in [0.2, 0.25) is 0 Å². The Morgan fingerprint density at radius 3 is 2.58 bits per heavy atom. The molecule has 0 spiro atoms. The quantitative estimate of drug-likeness (QED) is 0.227. The first kappa shape index (κ1) is 27.4. The molecule has 4 heteroatoms. The van der Waals surface area contributed by atoms with Gasteiger partial charge in [-0.05, 0) is 94.4 Å². The van der Waals surface area contributed by atoms with Crippen LogP contribution in [0.25, 0.3) is 10.9 Å². The normalized spacial score (nSPS) is 27.3. The number of aryl methyl sites for hydroxylation is 1. The van der Waals surface area contributed by atoms with Crippen LogP contribution >= 0.6 is 0 Å². The molecule has 206 valence electrons. The maximum absolute atomic E-state index is 7.01. The lowest BCUT2D eigenvalue weighted by Gasteiger charge is -2.56. The molecule has 5 rings (SSSR count). The molecule has 0 aliphatic heterocycles. The SMILES string of the molecule is CC=C1[C@H]2C=C(C)C[C@]1(N)C[C@@H](NCCCCCCCNc1c3c(nc4ccccc14)CCCC3)C2(C)C. The Kier molecular flexibility index (Phi) is 8.30. The molecule has 1 heterocycles. The van der Waals surface area contributed by atoms with E-state index in [0.717, 1.165) is 44.3 Å². The highest BCUT2D eigenvalue weighted by Gasteiger charge is 2.52. The molecule has 0 saturated heterocycles. The van der Waals surface area contributed by atoms with Crippen molar-refractivity contribution in [2.24, 2.45) is 17.1 Å². The van der Waals surface area contributed by atoms with Gasteiger partial charge in [0, 0.05) is 40.8 Å². The maximum Gasteiger partial charge on any atom is 0.0726 e. The lowest BCUT2D eigenvalue weighted by Crippen LogP contribution is -2.62. The topological polar surface area (TPSA) is 63.0 Å². The van der Waals surface area contributed by atoms with Crippen molar-refractivity contribution in [3.8, 4) is 0 Å². The van der Waals surface area contributed by atoms with Gasteiger partial charge in [-0.3, -0.25) is 4.98 Å². The van der Waals surface area contributed by atoms with Crippen molar-refractivity contribution in [3.63, 3.8) is 0 Å². The predicted octanol–water partition coefficient (Wildman–Crippen LogP) is 7.47. The number of benzene rings is 1. The molecular weight excluding hydrogens is 464 g/mol. The fourth-order valence-electron chi connectivity index (χ4n) is 7.64. The number of rotatable bonds is 10. The van der Waals surface area contributed by atoms with E-state index in [1.54, 1.807) is 0 Å². The van der Waals surface area contributed by atoms with E-state index in [2.05, 4.69) is 74.7 Å². The van der Waals surface area contributed by atoms with Crippen LogP contribution in [0, 0.1) is 11.3 Å². The lowest BCUT2D eigenvalue weighted by molar-refractivity contribution is 0.105. The number of unbranched alkanes of at least 4 members (excludes halogenated alkanes) is 4. The molecule has 0 amide bonds. The molecule has 3 atom stereocenters. The fourth-order valence-corrected chi connectivity index (χ4v) is 7.64. The number of hydrogen-bond acceptors (Lipinski definition) is 4. The molecule has 38 heavy (non-hydrogen) atoms. The Balaban J connectivity index is 1.05. The summed E-state index contributed by atoms with van der Waals surface area (Å²) in [6.07, 6.45) is 18.0. The van der Waals surface area contributed by atoms with Crippen molar-refractivity contribution in [2.75, 3.05) is 18.4 Å². The third-order valence-corrected chi connectivity index (χ3v) is 9.75. The number of fused-ring (bicyclic) bond motifs is 4. The van der Waals surface area contributed by atoms with Gasteiger partial charge < -0.3 is 16.4 Å². The first-order valence-electron chi connectivity index (χ1n) is 15.3. The van der Waals surface area contributed by atoms with Crippen LogP contribution in [0.4, 0.5) is 5.69 Å². The van der Waals surface area contributed by atoms with Crippen LogP contribution in [0.15, 0.2) is 47.6 Å². The summed E-state index contributed by atoms with van der Waals surface area (Å²) in [4.78, 5) is 4.98. The number of allylic oxidation sites excluding steroid dienone is 2. The van der Waals surface area contributed by atoms with Gasteiger partial charge in [-0.15, -0.1) is 0 Å². The van der Waals surface area contributed by atoms with Crippen molar-refractivity contribution in [1.82, 2.24) is 10.3 Å². The average molecular weight is 515 g/mol. The van der Waals surface area contributed by atoms with E-state index in [0.29, 0.717) is 12.0 Å². The van der Waals surface area contributed by atoms with Gasteiger partial charge in [0.2, 0.25) is 0 Å². The molecule has 1 fully saturated rings. The summed E-state index contributed by atoms with van der Waals surface area (Å²) in [6.45, 7) is 11.4. The van der Waals surface area contributed by atoms with E-state index in [1.807, 2.05) is 0 Å². The minimum atomic E-state index is -0.169. The Labute approximate surface area is 230 Å². The number of nitrogens with zero attached hydrogens (tertiary/aromatic N) is 1. The van der Waals surface area contributed by atoms with Crippen LogP contribution in [-0.2, 0) is 12.8 Å². The Bertz CT molecular complexity index is 1190. The number of nitrogens with two attached hydrogens (primary N) is 1. The first-order valence-corrected chi connectivity index (χ1v) is 15.3. The van der Waals surface area contributed by atoms with Gasteiger partial charge in [-0.1, -0.05) is 69.0 Å². The summed E-state index contributed by atoms with van der Waals surface area (Å²) in [5.74, 6) is 0.452. The summed E-state index contributed by atoms with van der Waals surface area (Å²) in [5, 5.41) is 9.06. The van der Waals surface area contributed by atoms with Gasteiger partial charge in [0.05, 0.1) is 5.52 Å². The van der Waals surface area contributed by atoms with Crippen LogP contribution in [-0.4, -0.2) is 29.7 Å². The van der Waals surface area contributed by atoms with Gasteiger partial charge >= 0.3 is 0 Å². The van der Waals surface area contributed by atoms with Crippen LogP contribution in [0.1, 0.15) is 96.7 Å². The second kappa shape index (κ2) is 11.5. The van der Waals surface area contributed by atoms with Gasteiger partial charge in [-0.25, -0.2) is 0 Å². The zero-order valence-electron chi connectivity index (χ0n) is 24.3. The number of hydrogen-bond donors (Lipinski definition) is 3. The molecule has 3 aliphatic carbocycles. The largest absolute Gasteiger partial charge is 0.384 e. The van der Waals surface area contributed by atoms with Crippen molar-refractivity contribution in [3.05, 3.63) is 58.8 Å². The molecule has 4 nitrogen and oxygen atoms in total. The van der Waals surface area contributed by atoms with E-state index >= 15 is 0 Å². The zero-order valence-corrected chi connectivity index (χ0v) is 24.3. The summed E-state index contributed by atoms with van der Waals surface area (Å²) >= 11 is 0. The van der Waals surface area contributed by atoms with E-state index in [-0.39, 0.29) is 11.0 Å². The second-order valence-electron chi connectivity index (χ2n) is 12.9. The van der Waals surface area contributed by atoms with Gasteiger partial charge in [0.25, 0.3) is 0 Å². The van der Waals surface area contributed by atoms with Crippen LogP contribution < -0.4 is 16.4 Å². The summed E-state index contributed by atoms with van der Waals surface area (Å²) in [6, 6.07) is 9.11. The fraction of sp³-hybridized carbons (Fsp3) is 0.618. The van der Waals surface area contributed by atoms with Crippen molar-refractivity contribution < 1.29 is 0 Å². The summed E-state index contributed by atoms with van der Waals surface area (Å²) in [7, 11) is 0. The number of pyridine rings is 1. The van der Waals surface area contributed by atoms with Crippen molar-refractivity contribution in [1.29, 1.82) is 0 Å². The van der Waals surface area contributed by atoms with Gasteiger partial charge in [0.1, 0.15) is 0 Å². The molecule has 4 N–H and O–H groups in total. The molecular formula is C34H50N4. The lowest BCUT2D eigenvalue weighted by atomic mass is 9.53. The van der Waals surface area contributed by atoms with E-state index in [1.165, 1.54) is 78.4 Å². The Hall–Kier alpha value is -2.17. The number of para-hydroxylation sites is 1. The Morgan fingerprint density at radius 2 is 1.76 bits per heavy atom. The third-order valence-electron chi connectivity index (χ3n) is 9.75. The van der Waals surface area contributed by atoms with Crippen LogP contribution in [0.3, 0.4) is 0 Å². The third kappa shape index (κ3) is 5.45. The molecule has 1 saturated carbocycles. The zero-order chi connectivity index (χ0) is 26.8.